The van der Waals surface area contributed by atoms with E-state index in [1.54, 1.807) is 12.5 Å². The van der Waals surface area contributed by atoms with Crippen molar-refractivity contribution in [3.05, 3.63) is 18.2 Å². The third-order valence-electron chi connectivity index (χ3n) is 5.53. The minimum Gasteiger partial charge on any atom is -0.385 e. The van der Waals surface area contributed by atoms with Crippen LogP contribution < -0.4 is 0 Å². The van der Waals surface area contributed by atoms with Crippen molar-refractivity contribution in [2.24, 2.45) is 17.3 Å². The first-order chi connectivity index (χ1) is 10.1. The van der Waals surface area contributed by atoms with Crippen molar-refractivity contribution in [1.29, 1.82) is 5.26 Å². The molecule has 0 radical (unpaired) electrons. The van der Waals surface area contributed by atoms with Crippen molar-refractivity contribution in [2.75, 3.05) is 0 Å². The molecule has 1 unspecified atom stereocenters. The number of nitriles is 1. The zero-order chi connectivity index (χ0) is 15.0. The molecule has 1 aromatic heterocycles. The standard InChI is InChI=1S/C17H25N3O/c1-12(2)13-5-7-17(10-18,8-6-13)16(21)15-9-19-11-20(15)14-3-4-14/h9,11-14,16,21H,3-8H2,1-2H3. The van der Waals surface area contributed by atoms with Crippen LogP contribution in [-0.2, 0) is 0 Å². The summed E-state index contributed by atoms with van der Waals surface area (Å²) in [5, 5.41) is 20.6. The molecule has 21 heavy (non-hydrogen) atoms. The van der Waals surface area contributed by atoms with Crippen LogP contribution in [0.4, 0.5) is 0 Å². The van der Waals surface area contributed by atoms with E-state index >= 15 is 0 Å². The highest BCUT2D eigenvalue weighted by molar-refractivity contribution is 5.17. The number of rotatable bonds is 4. The van der Waals surface area contributed by atoms with Gasteiger partial charge in [0.15, 0.2) is 0 Å². The number of imidazole rings is 1. The van der Waals surface area contributed by atoms with Gasteiger partial charge < -0.3 is 9.67 Å². The maximum absolute atomic E-state index is 10.9. The van der Waals surface area contributed by atoms with Gasteiger partial charge in [0, 0.05) is 6.04 Å². The lowest BCUT2D eigenvalue weighted by atomic mass is 9.65. The molecule has 2 fully saturated rings. The molecule has 0 saturated heterocycles. The minimum absolute atomic E-state index is 0.486. The highest BCUT2D eigenvalue weighted by Crippen LogP contribution is 2.49. The molecule has 114 valence electrons. The van der Waals surface area contributed by atoms with Crippen LogP contribution in [0.15, 0.2) is 12.5 Å². The van der Waals surface area contributed by atoms with Gasteiger partial charge in [0.1, 0.15) is 6.10 Å². The summed E-state index contributed by atoms with van der Waals surface area (Å²) in [7, 11) is 0. The number of nitrogens with zero attached hydrogens (tertiary/aromatic N) is 3. The van der Waals surface area contributed by atoms with Crippen LogP contribution in [0.2, 0.25) is 0 Å². The fourth-order valence-electron chi connectivity index (χ4n) is 3.74. The van der Waals surface area contributed by atoms with Gasteiger partial charge in [-0.1, -0.05) is 13.8 Å². The molecule has 0 aromatic carbocycles. The van der Waals surface area contributed by atoms with Gasteiger partial charge in [-0.15, -0.1) is 0 Å². The van der Waals surface area contributed by atoms with Crippen molar-refractivity contribution in [1.82, 2.24) is 9.55 Å². The molecule has 0 bridgehead atoms. The number of aliphatic hydroxyl groups is 1. The molecule has 4 heteroatoms. The number of aromatic nitrogens is 2. The van der Waals surface area contributed by atoms with E-state index < -0.39 is 11.5 Å². The summed E-state index contributed by atoms with van der Waals surface area (Å²) in [5.41, 5.74) is 0.208. The molecule has 0 aliphatic heterocycles. The van der Waals surface area contributed by atoms with Crippen molar-refractivity contribution >= 4 is 0 Å². The average Bonchev–Trinajstić information content (AvgIpc) is 3.23. The Kier molecular flexibility index (Phi) is 3.79. The molecule has 3 rings (SSSR count). The molecule has 1 heterocycles. The van der Waals surface area contributed by atoms with Crippen LogP contribution in [0.1, 0.15) is 70.2 Å². The first-order valence-electron chi connectivity index (χ1n) is 8.18. The molecule has 4 nitrogen and oxygen atoms in total. The van der Waals surface area contributed by atoms with Gasteiger partial charge in [-0.2, -0.15) is 5.26 Å². The maximum Gasteiger partial charge on any atom is 0.114 e. The van der Waals surface area contributed by atoms with E-state index in [-0.39, 0.29) is 0 Å². The van der Waals surface area contributed by atoms with E-state index in [0.29, 0.717) is 17.9 Å². The second kappa shape index (κ2) is 5.46. The van der Waals surface area contributed by atoms with E-state index in [0.717, 1.165) is 44.2 Å². The minimum atomic E-state index is -0.710. The van der Waals surface area contributed by atoms with E-state index in [4.69, 9.17) is 0 Å². The lowest BCUT2D eigenvalue weighted by molar-refractivity contribution is 0.0139. The van der Waals surface area contributed by atoms with E-state index in [1.165, 1.54) is 0 Å². The smallest absolute Gasteiger partial charge is 0.114 e. The number of aliphatic hydroxyl groups excluding tert-OH is 1. The van der Waals surface area contributed by atoms with Crippen molar-refractivity contribution in [2.45, 2.75) is 64.5 Å². The summed E-state index contributed by atoms with van der Waals surface area (Å²) in [6, 6.07) is 2.95. The van der Waals surface area contributed by atoms with Gasteiger partial charge in [0.2, 0.25) is 0 Å². The first kappa shape index (κ1) is 14.6. The third kappa shape index (κ3) is 2.60. The molecule has 2 aliphatic carbocycles. The Morgan fingerprint density at radius 2 is 2.00 bits per heavy atom. The van der Waals surface area contributed by atoms with Gasteiger partial charge in [0.05, 0.1) is 29.7 Å². The van der Waals surface area contributed by atoms with Crippen LogP contribution in [0, 0.1) is 28.6 Å². The summed E-state index contributed by atoms with van der Waals surface area (Å²) in [6.45, 7) is 4.51. The van der Waals surface area contributed by atoms with E-state index in [2.05, 4.69) is 29.5 Å². The van der Waals surface area contributed by atoms with Gasteiger partial charge in [-0.05, 0) is 50.4 Å². The third-order valence-corrected chi connectivity index (χ3v) is 5.53. The predicted molar refractivity (Wildman–Crippen MR) is 80.3 cm³/mol. The molecule has 0 amide bonds. The summed E-state index contributed by atoms with van der Waals surface area (Å²) in [6.07, 6.45) is 8.83. The lowest BCUT2D eigenvalue weighted by Gasteiger charge is -2.39. The van der Waals surface area contributed by atoms with E-state index in [9.17, 15) is 10.4 Å². The average molecular weight is 287 g/mol. The lowest BCUT2D eigenvalue weighted by Crippen LogP contribution is -2.34. The topological polar surface area (TPSA) is 61.8 Å². The van der Waals surface area contributed by atoms with Crippen molar-refractivity contribution in [3.63, 3.8) is 0 Å². The van der Waals surface area contributed by atoms with Crippen molar-refractivity contribution < 1.29 is 5.11 Å². The van der Waals surface area contributed by atoms with Gasteiger partial charge in [0.25, 0.3) is 0 Å². The molecule has 1 N–H and O–H groups in total. The summed E-state index contributed by atoms with van der Waals surface area (Å²) < 4.78 is 2.08. The first-order valence-corrected chi connectivity index (χ1v) is 8.18. The highest BCUT2D eigenvalue weighted by atomic mass is 16.3. The van der Waals surface area contributed by atoms with Crippen LogP contribution in [0.5, 0.6) is 0 Å². The monoisotopic (exact) mass is 287 g/mol. The second-order valence-corrected chi connectivity index (χ2v) is 7.21. The zero-order valence-electron chi connectivity index (χ0n) is 13.0. The molecular weight excluding hydrogens is 262 g/mol. The second-order valence-electron chi connectivity index (χ2n) is 7.21. The molecule has 2 saturated carbocycles. The Balaban J connectivity index is 1.80. The fraction of sp³-hybridized carbons (Fsp3) is 0.765. The summed E-state index contributed by atoms with van der Waals surface area (Å²) in [5.74, 6) is 1.35. The van der Waals surface area contributed by atoms with Crippen LogP contribution in [0.3, 0.4) is 0 Å². The van der Waals surface area contributed by atoms with E-state index in [1.807, 2.05) is 0 Å². The fourth-order valence-corrected chi connectivity index (χ4v) is 3.74. The van der Waals surface area contributed by atoms with Crippen molar-refractivity contribution in [3.8, 4) is 6.07 Å². The quantitative estimate of drug-likeness (QED) is 0.920. The van der Waals surface area contributed by atoms with Crippen LogP contribution >= 0.6 is 0 Å². The van der Waals surface area contributed by atoms with Crippen LogP contribution in [-0.4, -0.2) is 14.7 Å². The summed E-state index contributed by atoms with van der Waals surface area (Å²) >= 11 is 0. The Labute approximate surface area is 126 Å². The molecular formula is C17H25N3O. The van der Waals surface area contributed by atoms with Gasteiger partial charge >= 0.3 is 0 Å². The predicted octanol–water partition coefficient (Wildman–Crippen LogP) is 3.61. The van der Waals surface area contributed by atoms with Gasteiger partial charge in [-0.3, -0.25) is 0 Å². The Morgan fingerprint density at radius 3 is 2.52 bits per heavy atom. The maximum atomic E-state index is 10.9. The summed E-state index contributed by atoms with van der Waals surface area (Å²) in [4.78, 5) is 4.20. The Hall–Kier alpha value is -1.34. The van der Waals surface area contributed by atoms with Gasteiger partial charge in [-0.25, -0.2) is 4.98 Å². The molecule has 1 atom stereocenters. The molecule has 2 aliphatic rings. The zero-order valence-corrected chi connectivity index (χ0v) is 13.0. The number of hydrogen-bond donors (Lipinski definition) is 1. The van der Waals surface area contributed by atoms with Crippen LogP contribution in [0.25, 0.3) is 0 Å². The SMILES string of the molecule is CC(C)C1CCC(C#N)(C(O)c2cncn2C2CC2)CC1. The highest BCUT2D eigenvalue weighted by Gasteiger charge is 2.44. The number of hydrogen-bond acceptors (Lipinski definition) is 3. The largest absolute Gasteiger partial charge is 0.385 e. The Morgan fingerprint density at radius 1 is 1.33 bits per heavy atom. The normalized spacial score (nSPS) is 31.1. The molecule has 1 aromatic rings. The molecule has 0 spiro atoms. The Bertz CT molecular complexity index is 530.